The molecule has 1 aliphatic heterocycles. The molecule has 2 amide bonds. The monoisotopic (exact) mass is 524 g/mol. The Bertz CT molecular complexity index is 1450. The lowest BCUT2D eigenvalue weighted by atomic mass is 10.0. The van der Waals surface area contributed by atoms with Crippen LogP contribution in [0.3, 0.4) is 0 Å². The van der Waals surface area contributed by atoms with Gasteiger partial charge in [0.05, 0.1) is 6.54 Å². The summed E-state index contributed by atoms with van der Waals surface area (Å²) in [4.78, 5) is 28.3. The molecule has 1 aliphatic rings. The summed E-state index contributed by atoms with van der Waals surface area (Å²) in [5, 5.41) is 20.4. The molecule has 10 heteroatoms. The molecule has 2 heterocycles. The maximum atomic E-state index is 13.9. The molecule has 39 heavy (non-hydrogen) atoms. The van der Waals surface area contributed by atoms with Gasteiger partial charge in [-0.2, -0.15) is 5.21 Å². The maximum Gasteiger partial charge on any atom is 0.267 e. The van der Waals surface area contributed by atoms with E-state index in [1.807, 2.05) is 72.8 Å². The van der Waals surface area contributed by atoms with Crippen molar-refractivity contribution in [1.82, 2.24) is 25.9 Å². The maximum absolute atomic E-state index is 13.9. The number of aromatic amines is 1. The number of aryl methyl sites for hydroxylation is 1. The highest BCUT2D eigenvalue weighted by atomic mass is 16.2. The quantitative estimate of drug-likeness (QED) is 0.275. The fourth-order valence-electron chi connectivity index (χ4n) is 4.85. The molecule has 0 fully saturated rings. The van der Waals surface area contributed by atoms with Gasteiger partial charge in [0.1, 0.15) is 6.04 Å². The van der Waals surface area contributed by atoms with Crippen molar-refractivity contribution in [3.05, 3.63) is 83.9 Å². The number of aromatic nitrogens is 4. The number of para-hydroxylation sites is 1. The van der Waals surface area contributed by atoms with Crippen LogP contribution in [0.2, 0.25) is 0 Å². The number of fused-ring (bicyclic) bond motifs is 1. The lowest BCUT2D eigenvalue weighted by molar-refractivity contribution is -0.128. The first-order chi connectivity index (χ1) is 18.8. The molecule has 0 aliphatic carbocycles. The zero-order valence-electron chi connectivity index (χ0n) is 22.0. The third kappa shape index (κ3) is 6.29. The first-order valence-corrected chi connectivity index (χ1v) is 12.9. The van der Waals surface area contributed by atoms with E-state index >= 15 is 0 Å². The summed E-state index contributed by atoms with van der Waals surface area (Å²) in [6.45, 7) is 3.91. The summed E-state index contributed by atoms with van der Waals surface area (Å²) in [6, 6.07) is 23.2. The lowest BCUT2D eigenvalue weighted by Crippen LogP contribution is -2.49. The summed E-state index contributed by atoms with van der Waals surface area (Å²) in [5.41, 5.74) is 11.0. The molecule has 10 nitrogen and oxygen atoms in total. The molecular weight excluding hydrogens is 492 g/mol. The van der Waals surface area contributed by atoms with Gasteiger partial charge in [0.25, 0.3) is 5.95 Å². The molecular formula is C29H32N8O2. The average molecular weight is 525 g/mol. The summed E-state index contributed by atoms with van der Waals surface area (Å²) in [7, 11) is 0. The summed E-state index contributed by atoms with van der Waals surface area (Å²) in [6.07, 6.45) is 1.32. The summed E-state index contributed by atoms with van der Waals surface area (Å²) < 4.78 is 0. The van der Waals surface area contributed by atoms with E-state index in [9.17, 15) is 9.59 Å². The van der Waals surface area contributed by atoms with E-state index in [2.05, 4.69) is 31.3 Å². The second-order valence-electron chi connectivity index (χ2n) is 10.5. The first-order valence-electron chi connectivity index (χ1n) is 12.9. The number of nitrogens with two attached hydrogens (primary N) is 1. The Morgan fingerprint density at radius 2 is 1.87 bits per heavy atom. The molecule has 0 saturated heterocycles. The fourth-order valence-corrected chi connectivity index (χ4v) is 4.85. The van der Waals surface area contributed by atoms with Crippen LogP contribution in [0, 0.1) is 0 Å². The highest BCUT2D eigenvalue weighted by Gasteiger charge is 2.32. The van der Waals surface area contributed by atoms with Crippen molar-refractivity contribution in [2.45, 2.75) is 51.2 Å². The van der Waals surface area contributed by atoms with Crippen molar-refractivity contribution in [2.75, 3.05) is 10.2 Å². The van der Waals surface area contributed by atoms with Crippen LogP contribution in [0.5, 0.6) is 0 Å². The van der Waals surface area contributed by atoms with Crippen molar-refractivity contribution >= 4 is 29.1 Å². The van der Waals surface area contributed by atoms with Crippen molar-refractivity contribution in [3.8, 4) is 11.1 Å². The third-order valence-corrected chi connectivity index (χ3v) is 6.60. The molecule has 3 aromatic carbocycles. The van der Waals surface area contributed by atoms with Crippen LogP contribution in [0.4, 0.5) is 17.3 Å². The average Bonchev–Trinajstić information content (AvgIpc) is 3.38. The van der Waals surface area contributed by atoms with Gasteiger partial charge in [-0.05, 0) is 60.7 Å². The van der Waals surface area contributed by atoms with E-state index in [0.29, 0.717) is 25.3 Å². The Kier molecular flexibility index (Phi) is 7.38. The Labute approximate surface area is 227 Å². The molecule has 5 N–H and O–H groups in total. The largest absolute Gasteiger partial charge is 0.344 e. The van der Waals surface area contributed by atoms with Gasteiger partial charge in [-0.25, -0.2) is 0 Å². The van der Waals surface area contributed by atoms with Crippen LogP contribution < -0.4 is 21.3 Å². The van der Waals surface area contributed by atoms with Crippen LogP contribution in [-0.2, 0) is 22.6 Å². The number of nitrogens with one attached hydrogen (secondary N) is 3. The van der Waals surface area contributed by atoms with Crippen LogP contribution in [-0.4, -0.2) is 44.0 Å². The smallest absolute Gasteiger partial charge is 0.267 e. The van der Waals surface area contributed by atoms with Gasteiger partial charge in [-0.3, -0.25) is 9.59 Å². The molecule has 0 spiro atoms. The standard InChI is InChI=1S/C29H32N8O2/c1-29(2,30)17-26(38)31-23-15-13-21-10-6-7-11-25(21)37(27(23)39)18-19-12-14-22(20-8-4-3-5-9-20)24(16-19)32-28-33-35-36-34-28/h3-12,14,16,23H,13,15,17-18,30H2,1-2H3,(H,31,38)(H2,32,33,34,35,36)/t23-/m1/s1. The van der Waals surface area contributed by atoms with E-state index in [1.54, 1.807) is 18.7 Å². The van der Waals surface area contributed by atoms with E-state index in [4.69, 9.17) is 5.73 Å². The third-order valence-electron chi connectivity index (χ3n) is 6.60. The minimum atomic E-state index is -0.664. The van der Waals surface area contributed by atoms with E-state index < -0.39 is 11.6 Å². The van der Waals surface area contributed by atoms with E-state index in [1.165, 1.54) is 0 Å². The Balaban J connectivity index is 1.47. The molecule has 200 valence electrons. The van der Waals surface area contributed by atoms with Crippen LogP contribution in [0.1, 0.15) is 37.8 Å². The molecule has 0 saturated carbocycles. The highest BCUT2D eigenvalue weighted by Crippen LogP contribution is 2.33. The second-order valence-corrected chi connectivity index (χ2v) is 10.5. The minimum Gasteiger partial charge on any atom is -0.344 e. The fraction of sp³-hybridized carbons (Fsp3) is 0.276. The van der Waals surface area contributed by atoms with Gasteiger partial charge in [-0.1, -0.05) is 65.8 Å². The molecule has 0 unspecified atom stereocenters. The van der Waals surface area contributed by atoms with Gasteiger partial charge < -0.3 is 21.3 Å². The van der Waals surface area contributed by atoms with Gasteiger partial charge >= 0.3 is 0 Å². The zero-order chi connectivity index (χ0) is 27.4. The number of carbonyl (C=O) groups is 2. The molecule has 1 atom stereocenters. The number of rotatable bonds is 8. The number of benzene rings is 3. The minimum absolute atomic E-state index is 0.135. The van der Waals surface area contributed by atoms with Gasteiger partial charge in [0.15, 0.2) is 0 Å². The van der Waals surface area contributed by atoms with Crippen LogP contribution >= 0.6 is 0 Å². The van der Waals surface area contributed by atoms with E-state index in [-0.39, 0.29) is 18.2 Å². The van der Waals surface area contributed by atoms with Crippen molar-refractivity contribution < 1.29 is 9.59 Å². The van der Waals surface area contributed by atoms with E-state index in [0.717, 1.165) is 33.6 Å². The number of nitrogens with zero attached hydrogens (tertiary/aromatic N) is 4. The number of H-pyrrole nitrogens is 1. The molecule has 4 aromatic rings. The Hall–Kier alpha value is -4.57. The molecule has 5 rings (SSSR count). The van der Waals surface area contributed by atoms with Crippen molar-refractivity contribution in [1.29, 1.82) is 0 Å². The van der Waals surface area contributed by atoms with Gasteiger partial charge in [0, 0.05) is 28.9 Å². The lowest BCUT2D eigenvalue weighted by Gasteiger charge is -2.27. The summed E-state index contributed by atoms with van der Waals surface area (Å²) >= 11 is 0. The predicted octanol–water partition coefficient (Wildman–Crippen LogP) is 3.70. The Morgan fingerprint density at radius 3 is 2.62 bits per heavy atom. The normalized spacial score (nSPS) is 15.4. The molecule has 1 aromatic heterocycles. The number of hydrogen-bond acceptors (Lipinski definition) is 7. The van der Waals surface area contributed by atoms with Gasteiger partial charge in [0.2, 0.25) is 11.8 Å². The summed E-state index contributed by atoms with van der Waals surface area (Å²) in [5.74, 6) is -0.0420. The zero-order valence-corrected chi connectivity index (χ0v) is 22.0. The highest BCUT2D eigenvalue weighted by molar-refractivity contribution is 6.00. The van der Waals surface area contributed by atoms with Crippen molar-refractivity contribution in [3.63, 3.8) is 0 Å². The number of carbonyl (C=O) groups excluding carboxylic acids is 2. The molecule has 0 bridgehead atoms. The van der Waals surface area contributed by atoms with Crippen LogP contribution in [0.25, 0.3) is 11.1 Å². The van der Waals surface area contributed by atoms with Crippen LogP contribution in [0.15, 0.2) is 72.8 Å². The predicted molar refractivity (Wildman–Crippen MR) is 150 cm³/mol. The van der Waals surface area contributed by atoms with Crippen molar-refractivity contribution in [2.24, 2.45) is 5.73 Å². The number of amides is 2. The number of hydrogen-bond donors (Lipinski definition) is 4. The first kappa shape index (κ1) is 26.1. The second kappa shape index (κ2) is 11.0. The number of tetrazole rings is 1. The SMILES string of the molecule is CC(C)(N)CC(=O)N[C@@H]1CCc2ccccc2N(Cc2ccc(-c3ccccc3)c(Nc3nn[nH]n3)c2)C1=O. The topological polar surface area (TPSA) is 142 Å². The Morgan fingerprint density at radius 1 is 1.10 bits per heavy atom. The van der Waals surface area contributed by atoms with Gasteiger partial charge in [-0.15, -0.1) is 5.10 Å². The number of anilines is 3. The molecule has 0 radical (unpaired) electrons.